The first-order valence-electron chi connectivity index (χ1n) is 7.20. The fraction of sp³-hybridized carbons (Fsp3) is 0.167. The fourth-order valence-electron chi connectivity index (χ4n) is 2.51. The van der Waals surface area contributed by atoms with Gasteiger partial charge in [0.1, 0.15) is 12.4 Å². The quantitative estimate of drug-likeness (QED) is 0.785. The number of aromatic nitrogens is 2. The van der Waals surface area contributed by atoms with Crippen LogP contribution < -0.4 is 0 Å². The second kappa shape index (κ2) is 6.54. The highest BCUT2D eigenvalue weighted by Crippen LogP contribution is 2.19. The number of hydrogen-bond acceptors (Lipinski definition) is 2. The van der Waals surface area contributed by atoms with Gasteiger partial charge in [-0.2, -0.15) is 5.10 Å². The van der Waals surface area contributed by atoms with E-state index in [1.807, 2.05) is 60.7 Å². The largest absolute Gasteiger partial charge is 0.374 e. The van der Waals surface area contributed by atoms with Crippen molar-refractivity contribution >= 4 is 0 Å². The average Bonchev–Trinajstić information content (AvgIpc) is 2.86. The van der Waals surface area contributed by atoms with E-state index in [4.69, 9.17) is 0 Å². The number of hydrogen-bond donors (Lipinski definition) is 1. The number of aliphatic hydroxyl groups excluding tert-OH is 1. The van der Waals surface area contributed by atoms with E-state index in [1.54, 1.807) is 0 Å². The summed E-state index contributed by atoms with van der Waals surface area (Å²) in [6.07, 6.45) is 0.830. The summed E-state index contributed by atoms with van der Waals surface area (Å²) in [5.74, 6) is -0.332. The van der Waals surface area contributed by atoms with Gasteiger partial charge in [0, 0.05) is 12.8 Å². The Hall–Kier alpha value is -2.46. The third-order valence-electron chi connectivity index (χ3n) is 3.62. The Balaban J connectivity index is 1.90. The van der Waals surface area contributed by atoms with Crippen molar-refractivity contribution in [2.75, 3.05) is 0 Å². The lowest BCUT2D eigenvalue weighted by Crippen LogP contribution is -2.06. The normalized spacial score (nSPS) is 10.8. The third kappa shape index (κ3) is 3.07. The Morgan fingerprint density at radius 2 is 1.41 bits per heavy atom. The predicted octanol–water partition coefficient (Wildman–Crippen LogP) is 3.15. The molecule has 1 heterocycles. The third-order valence-corrected chi connectivity index (χ3v) is 3.62. The second-order valence-electron chi connectivity index (χ2n) is 5.17. The second-order valence-corrected chi connectivity index (χ2v) is 5.17. The standard InChI is InChI=1S/C18H17FN2O/c19-18-16(11-14-7-3-1-4-8-14)20-21(13-22)17(18)12-15-9-5-2-6-10-15/h1-10,22H,11-13H2. The average molecular weight is 296 g/mol. The fourth-order valence-corrected chi connectivity index (χ4v) is 2.51. The molecule has 1 aromatic heterocycles. The van der Waals surface area contributed by atoms with E-state index in [0.29, 0.717) is 24.2 Å². The first-order valence-corrected chi connectivity index (χ1v) is 7.20. The molecule has 0 aliphatic rings. The van der Waals surface area contributed by atoms with Gasteiger partial charge < -0.3 is 5.11 Å². The van der Waals surface area contributed by atoms with E-state index in [9.17, 15) is 9.50 Å². The summed E-state index contributed by atoms with van der Waals surface area (Å²) in [5, 5.41) is 13.6. The molecular formula is C18H17FN2O. The Labute approximate surface area is 128 Å². The van der Waals surface area contributed by atoms with Gasteiger partial charge >= 0.3 is 0 Å². The van der Waals surface area contributed by atoms with Crippen LogP contribution in [0.1, 0.15) is 22.5 Å². The maximum Gasteiger partial charge on any atom is 0.168 e. The van der Waals surface area contributed by atoms with Gasteiger partial charge in [0.15, 0.2) is 5.82 Å². The minimum absolute atomic E-state index is 0.326. The number of aliphatic hydroxyl groups is 1. The molecule has 0 fully saturated rings. The van der Waals surface area contributed by atoms with Crippen LogP contribution in [0.15, 0.2) is 60.7 Å². The van der Waals surface area contributed by atoms with Gasteiger partial charge in [-0.25, -0.2) is 9.07 Å². The topological polar surface area (TPSA) is 38.0 Å². The highest BCUT2D eigenvalue weighted by atomic mass is 19.1. The summed E-state index contributed by atoms with van der Waals surface area (Å²) in [5.41, 5.74) is 2.77. The van der Waals surface area contributed by atoms with Gasteiger partial charge in [0.2, 0.25) is 0 Å². The SMILES string of the molecule is OCn1nc(Cc2ccccc2)c(F)c1Cc1ccccc1. The zero-order valence-corrected chi connectivity index (χ0v) is 12.1. The molecule has 0 unspecified atom stereocenters. The van der Waals surface area contributed by atoms with Crippen LogP contribution in [0.4, 0.5) is 4.39 Å². The molecule has 3 rings (SSSR count). The summed E-state index contributed by atoms with van der Waals surface area (Å²) < 4.78 is 16.0. The summed E-state index contributed by atoms with van der Waals surface area (Å²) in [4.78, 5) is 0. The molecule has 0 amide bonds. The Kier molecular flexibility index (Phi) is 4.30. The zero-order valence-electron chi connectivity index (χ0n) is 12.1. The molecule has 0 aliphatic carbocycles. The van der Waals surface area contributed by atoms with Gasteiger partial charge in [-0.05, 0) is 11.1 Å². The Morgan fingerprint density at radius 3 is 1.95 bits per heavy atom. The molecule has 112 valence electrons. The van der Waals surface area contributed by atoms with E-state index in [1.165, 1.54) is 4.68 Å². The van der Waals surface area contributed by atoms with Crippen LogP contribution >= 0.6 is 0 Å². The maximum absolute atomic E-state index is 14.7. The van der Waals surface area contributed by atoms with Gasteiger partial charge in [-0.1, -0.05) is 60.7 Å². The van der Waals surface area contributed by atoms with Crippen molar-refractivity contribution in [1.82, 2.24) is 9.78 Å². The minimum atomic E-state index is -0.332. The molecule has 0 spiro atoms. The van der Waals surface area contributed by atoms with Crippen LogP contribution in [-0.4, -0.2) is 14.9 Å². The van der Waals surface area contributed by atoms with Crippen molar-refractivity contribution in [1.29, 1.82) is 0 Å². The van der Waals surface area contributed by atoms with Gasteiger partial charge in [0.25, 0.3) is 0 Å². The highest BCUT2D eigenvalue weighted by Gasteiger charge is 2.18. The van der Waals surface area contributed by atoms with Crippen LogP contribution in [-0.2, 0) is 19.6 Å². The summed E-state index contributed by atoms with van der Waals surface area (Å²) in [7, 11) is 0. The number of halogens is 1. The van der Waals surface area contributed by atoms with Gasteiger partial charge in [0.05, 0.1) is 5.69 Å². The summed E-state index contributed by atoms with van der Waals surface area (Å²) in [6.45, 7) is -0.326. The van der Waals surface area contributed by atoms with Gasteiger partial charge in [-0.3, -0.25) is 0 Å². The molecule has 0 saturated carbocycles. The summed E-state index contributed by atoms with van der Waals surface area (Å²) in [6, 6.07) is 19.3. The van der Waals surface area contributed by atoms with E-state index in [-0.39, 0.29) is 12.5 Å². The van der Waals surface area contributed by atoms with E-state index < -0.39 is 0 Å². The molecule has 0 atom stereocenters. The van der Waals surface area contributed by atoms with Crippen LogP contribution in [0.5, 0.6) is 0 Å². The lowest BCUT2D eigenvalue weighted by atomic mass is 10.1. The van der Waals surface area contributed by atoms with Crippen molar-refractivity contribution in [3.8, 4) is 0 Å². The predicted molar refractivity (Wildman–Crippen MR) is 82.9 cm³/mol. The van der Waals surface area contributed by atoms with E-state index >= 15 is 0 Å². The van der Waals surface area contributed by atoms with Crippen LogP contribution in [0, 0.1) is 5.82 Å². The lowest BCUT2D eigenvalue weighted by Gasteiger charge is -2.04. The van der Waals surface area contributed by atoms with Crippen LogP contribution in [0.25, 0.3) is 0 Å². The van der Waals surface area contributed by atoms with Crippen molar-refractivity contribution in [2.45, 2.75) is 19.6 Å². The Morgan fingerprint density at radius 1 is 0.864 bits per heavy atom. The monoisotopic (exact) mass is 296 g/mol. The van der Waals surface area contributed by atoms with Gasteiger partial charge in [-0.15, -0.1) is 0 Å². The maximum atomic E-state index is 14.7. The van der Waals surface area contributed by atoms with E-state index in [2.05, 4.69) is 5.10 Å². The molecule has 0 aliphatic heterocycles. The molecule has 3 aromatic rings. The molecule has 0 saturated heterocycles. The lowest BCUT2D eigenvalue weighted by molar-refractivity contribution is 0.190. The molecule has 1 N–H and O–H groups in total. The summed E-state index contributed by atoms with van der Waals surface area (Å²) >= 11 is 0. The Bertz CT molecular complexity index is 739. The molecule has 4 heteroatoms. The van der Waals surface area contributed by atoms with Crippen molar-refractivity contribution in [3.05, 3.63) is 89.0 Å². The van der Waals surface area contributed by atoms with Crippen molar-refractivity contribution in [3.63, 3.8) is 0 Å². The van der Waals surface area contributed by atoms with Crippen LogP contribution in [0.2, 0.25) is 0 Å². The molecule has 3 nitrogen and oxygen atoms in total. The molecule has 0 radical (unpaired) electrons. The molecule has 2 aromatic carbocycles. The highest BCUT2D eigenvalue weighted by molar-refractivity contribution is 5.28. The molecule has 0 bridgehead atoms. The van der Waals surface area contributed by atoms with Crippen LogP contribution in [0.3, 0.4) is 0 Å². The molecule has 22 heavy (non-hydrogen) atoms. The van der Waals surface area contributed by atoms with Crippen molar-refractivity contribution in [2.24, 2.45) is 0 Å². The first-order chi connectivity index (χ1) is 10.8. The first kappa shape index (κ1) is 14.5. The van der Waals surface area contributed by atoms with Crippen molar-refractivity contribution < 1.29 is 9.50 Å². The minimum Gasteiger partial charge on any atom is -0.374 e. The molecular weight excluding hydrogens is 279 g/mol. The van der Waals surface area contributed by atoms with E-state index in [0.717, 1.165) is 11.1 Å². The smallest absolute Gasteiger partial charge is 0.168 e. The number of benzene rings is 2. The zero-order chi connectivity index (χ0) is 15.4. The number of nitrogens with zero attached hydrogens (tertiary/aromatic N) is 2. The number of rotatable bonds is 5.